The molecule has 2 aromatic carbocycles. The highest BCUT2D eigenvalue weighted by atomic mass is 16.4. The van der Waals surface area contributed by atoms with Gasteiger partial charge >= 0.3 is 5.97 Å². The van der Waals surface area contributed by atoms with Crippen LogP contribution in [0.5, 0.6) is 0 Å². The first kappa shape index (κ1) is 14.3. The van der Waals surface area contributed by atoms with Crippen LogP contribution in [-0.2, 0) is 6.42 Å². The van der Waals surface area contributed by atoms with Crippen LogP contribution in [0.4, 0.5) is 0 Å². The van der Waals surface area contributed by atoms with Gasteiger partial charge in [0.15, 0.2) is 0 Å². The van der Waals surface area contributed by atoms with E-state index in [1.165, 1.54) is 0 Å². The van der Waals surface area contributed by atoms with E-state index in [4.69, 9.17) is 0 Å². The number of aryl methyl sites for hydroxylation is 3. The first-order valence-corrected chi connectivity index (χ1v) is 6.96. The van der Waals surface area contributed by atoms with Gasteiger partial charge in [0, 0.05) is 0 Å². The Labute approximate surface area is 120 Å². The van der Waals surface area contributed by atoms with E-state index in [1.807, 2.05) is 44.2 Å². The third-order valence-corrected chi connectivity index (χ3v) is 3.42. The summed E-state index contributed by atoms with van der Waals surface area (Å²) in [4.78, 5) is 11.7. The van der Waals surface area contributed by atoms with Gasteiger partial charge in [0.25, 0.3) is 0 Å². The summed E-state index contributed by atoms with van der Waals surface area (Å²) in [5.74, 6) is -0.844. The van der Waals surface area contributed by atoms with Gasteiger partial charge in [0.05, 0.1) is 5.56 Å². The second-order valence-electron chi connectivity index (χ2n) is 5.27. The van der Waals surface area contributed by atoms with E-state index >= 15 is 0 Å². The Morgan fingerprint density at radius 3 is 2.30 bits per heavy atom. The molecule has 2 nitrogen and oxygen atoms in total. The molecule has 0 spiro atoms. The number of carboxylic acid groups (broad SMARTS) is 1. The van der Waals surface area contributed by atoms with E-state index in [2.05, 4.69) is 13.0 Å². The number of hydrogen-bond donors (Lipinski definition) is 1. The molecular formula is C18H20O2. The molecule has 0 aromatic heterocycles. The minimum atomic E-state index is -0.844. The van der Waals surface area contributed by atoms with Crippen LogP contribution >= 0.6 is 0 Å². The van der Waals surface area contributed by atoms with Crippen molar-refractivity contribution < 1.29 is 9.90 Å². The summed E-state index contributed by atoms with van der Waals surface area (Å²) in [6, 6.07) is 12.0. The van der Waals surface area contributed by atoms with Crippen molar-refractivity contribution in [1.82, 2.24) is 0 Å². The number of benzene rings is 2. The van der Waals surface area contributed by atoms with Gasteiger partial charge in [-0.1, -0.05) is 60.9 Å². The van der Waals surface area contributed by atoms with Crippen LogP contribution < -0.4 is 0 Å². The van der Waals surface area contributed by atoms with Gasteiger partial charge in [-0.3, -0.25) is 0 Å². The third-order valence-electron chi connectivity index (χ3n) is 3.42. The van der Waals surface area contributed by atoms with Crippen LogP contribution in [0.15, 0.2) is 36.4 Å². The largest absolute Gasteiger partial charge is 0.478 e. The lowest BCUT2D eigenvalue weighted by atomic mass is 9.92. The maximum Gasteiger partial charge on any atom is 0.336 e. The first-order chi connectivity index (χ1) is 9.52. The van der Waals surface area contributed by atoms with Crippen molar-refractivity contribution >= 4 is 5.97 Å². The summed E-state index contributed by atoms with van der Waals surface area (Å²) >= 11 is 0. The van der Waals surface area contributed by atoms with Crippen LogP contribution in [0.1, 0.15) is 40.4 Å². The fourth-order valence-electron chi connectivity index (χ4n) is 2.70. The molecule has 1 N–H and O–H groups in total. The summed E-state index contributed by atoms with van der Waals surface area (Å²) in [7, 11) is 0. The summed E-state index contributed by atoms with van der Waals surface area (Å²) in [5, 5.41) is 9.57. The van der Waals surface area contributed by atoms with Crippen LogP contribution in [0.3, 0.4) is 0 Å². The minimum Gasteiger partial charge on any atom is -0.478 e. The van der Waals surface area contributed by atoms with Gasteiger partial charge in [0.1, 0.15) is 0 Å². The van der Waals surface area contributed by atoms with Gasteiger partial charge in [-0.05, 0) is 37.0 Å². The van der Waals surface area contributed by atoms with E-state index in [9.17, 15) is 9.90 Å². The molecule has 20 heavy (non-hydrogen) atoms. The molecule has 0 saturated heterocycles. The Kier molecular flexibility index (Phi) is 4.23. The fraction of sp³-hybridized carbons (Fsp3) is 0.278. The molecule has 0 saturated carbocycles. The van der Waals surface area contributed by atoms with E-state index in [1.54, 1.807) is 0 Å². The van der Waals surface area contributed by atoms with E-state index < -0.39 is 5.97 Å². The number of aromatic carboxylic acids is 1. The molecule has 0 unspecified atom stereocenters. The van der Waals surface area contributed by atoms with Gasteiger partial charge in [0.2, 0.25) is 0 Å². The normalized spacial score (nSPS) is 10.6. The predicted molar refractivity (Wildman–Crippen MR) is 82.3 cm³/mol. The Balaban J connectivity index is 2.66. The lowest BCUT2D eigenvalue weighted by Crippen LogP contribution is -2.05. The second kappa shape index (κ2) is 5.91. The Bertz CT molecular complexity index is 622. The number of rotatable bonds is 4. The molecule has 0 aliphatic rings. The molecule has 0 fully saturated rings. The minimum absolute atomic E-state index is 0.444. The van der Waals surface area contributed by atoms with Crippen molar-refractivity contribution in [2.45, 2.75) is 33.6 Å². The second-order valence-corrected chi connectivity index (χ2v) is 5.27. The van der Waals surface area contributed by atoms with E-state index in [-0.39, 0.29) is 0 Å². The lowest BCUT2D eigenvalue weighted by molar-refractivity contribution is 0.0696. The highest BCUT2D eigenvalue weighted by molar-refractivity contribution is 5.97. The summed E-state index contributed by atoms with van der Waals surface area (Å²) in [6.07, 6.45) is 1.73. The zero-order chi connectivity index (χ0) is 14.7. The molecule has 2 aromatic rings. The number of carboxylic acids is 1. The predicted octanol–water partition coefficient (Wildman–Crippen LogP) is 4.62. The summed E-state index contributed by atoms with van der Waals surface area (Å²) in [5.41, 5.74) is 5.46. The first-order valence-electron chi connectivity index (χ1n) is 6.96. The van der Waals surface area contributed by atoms with Crippen molar-refractivity contribution in [2.24, 2.45) is 0 Å². The van der Waals surface area contributed by atoms with Crippen LogP contribution in [0.25, 0.3) is 11.1 Å². The topological polar surface area (TPSA) is 37.3 Å². The molecule has 2 rings (SSSR count). The molecular weight excluding hydrogens is 248 g/mol. The van der Waals surface area contributed by atoms with Gasteiger partial charge in [-0.15, -0.1) is 0 Å². The van der Waals surface area contributed by atoms with E-state index in [0.29, 0.717) is 5.56 Å². The molecule has 2 heteroatoms. The third kappa shape index (κ3) is 2.90. The molecule has 0 heterocycles. The number of carbonyl (C=O) groups is 1. The molecule has 0 bridgehead atoms. The monoisotopic (exact) mass is 268 g/mol. The molecule has 0 radical (unpaired) electrons. The standard InChI is InChI=1S/C18H20O2/c1-4-6-14-7-5-8-16(17(14)18(19)20)15-10-12(2)9-13(3)11-15/h5,7-11H,4,6H2,1-3H3,(H,19,20). The average Bonchev–Trinajstić information content (AvgIpc) is 2.37. The Morgan fingerprint density at radius 2 is 1.75 bits per heavy atom. The number of hydrogen-bond acceptors (Lipinski definition) is 1. The zero-order valence-electron chi connectivity index (χ0n) is 12.2. The van der Waals surface area contributed by atoms with Crippen molar-refractivity contribution in [3.63, 3.8) is 0 Å². The summed E-state index contributed by atoms with van der Waals surface area (Å²) in [6.45, 7) is 6.13. The smallest absolute Gasteiger partial charge is 0.336 e. The molecule has 104 valence electrons. The van der Waals surface area contributed by atoms with Crippen molar-refractivity contribution in [1.29, 1.82) is 0 Å². The highest BCUT2D eigenvalue weighted by Gasteiger charge is 2.16. The maximum absolute atomic E-state index is 11.7. The van der Waals surface area contributed by atoms with Crippen molar-refractivity contribution in [3.05, 3.63) is 58.7 Å². The fourth-order valence-corrected chi connectivity index (χ4v) is 2.70. The molecule has 0 amide bonds. The van der Waals surface area contributed by atoms with Crippen LogP contribution in [0.2, 0.25) is 0 Å². The lowest BCUT2D eigenvalue weighted by Gasteiger charge is -2.12. The molecule has 0 aliphatic heterocycles. The summed E-state index contributed by atoms with van der Waals surface area (Å²) < 4.78 is 0. The average molecular weight is 268 g/mol. The van der Waals surface area contributed by atoms with Gasteiger partial charge < -0.3 is 5.11 Å². The Morgan fingerprint density at radius 1 is 1.10 bits per heavy atom. The molecule has 0 aliphatic carbocycles. The van der Waals surface area contributed by atoms with Gasteiger partial charge in [-0.25, -0.2) is 4.79 Å². The highest BCUT2D eigenvalue weighted by Crippen LogP contribution is 2.28. The van der Waals surface area contributed by atoms with Crippen molar-refractivity contribution in [2.75, 3.05) is 0 Å². The maximum atomic E-state index is 11.7. The van der Waals surface area contributed by atoms with Crippen LogP contribution in [0, 0.1) is 13.8 Å². The zero-order valence-corrected chi connectivity index (χ0v) is 12.2. The SMILES string of the molecule is CCCc1cccc(-c2cc(C)cc(C)c2)c1C(=O)O. The van der Waals surface area contributed by atoms with Crippen molar-refractivity contribution in [3.8, 4) is 11.1 Å². The molecule has 0 atom stereocenters. The van der Waals surface area contributed by atoms with E-state index in [0.717, 1.165) is 40.7 Å². The Hall–Kier alpha value is -2.09. The van der Waals surface area contributed by atoms with Crippen LogP contribution in [-0.4, -0.2) is 11.1 Å². The van der Waals surface area contributed by atoms with Gasteiger partial charge in [-0.2, -0.15) is 0 Å². The quantitative estimate of drug-likeness (QED) is 0.878.